The number of benzene rings is 5. The molecule has 5 aromatic carbocycles. The van der Waals surface area contributed by atoms with Crippen molar-refractivity contribution in [3.05, 3.63) is 108 Å². The van der Waals surface area contributed by atoms with Gasteiger partial charge >= 0.3 is 15.4 Å². The van der Waals surface area contributed by atoms with Gasteiger partial charge in [-0.25, -0.2) is 4.57 Å². The van der Waals surface area contributed by atoms with Crippen LogP contribution in [-0.4, -0.2) is 23.0 Å². The summed E-state index contributed by atoms with van der Waals surface area (Å²) in [4.78, 5) is 19.2. The molecule has 0 radical (unpaired) electrons. The highest BCUT2D eigenvalue weighted by atomic mass is 31.2. The maximum Gasteiger partial charge on any atom is 0.469 e. The van der Waals surface area contributed by atoms with Crippen LogP contribution in [0.5, 0.6) is 0 Å². The Morgan fingerprint density at radius 3 is 1.56 bits per heavy atom. The Kier molecular flexibility index (Phi) is 8.88. The highest BCUT2D eigenvalue weighted by Crippen LogP contribution is 2.53. The summed E-state index contributed by atoms with van der Waals surface area (Å²) in [6, 6.07) is 31.6. The monoisotopic (exact) mass is 590 g/mol. The van der Waals surface area contributed by atoms with Gasteiger partial charge in [-0.15, -0.1) is 0 Å². The molecule has 0 aliphatic heterocycles. The third-order valence-electron chi connectivity index (χ3n) is 6.89. The molecule has 0 saturated heterocycles. The Bertz CT molecular complexity index is 1770. The molecule has 0 bridgehead atoms. The van der Waals surface area contributed by atoms with E-state index in [2.05, 4.69) is 0 Å². The molecule has 0 fully saturated rings. The van der Waals surface area contributed by atoms with Crippen LogP contribution >= 0.6 is 15.4 Å². The third-order valence-corrected chi connectivity index (χ3v) is 9.39. The first-order valence-electron chi connectivity index (χ1n) is 13.4. The number of fused-ring (bicyclic) bond motifs is 2. The van der Waals surface area contributed by atoms with E-state index in [1.54, 1.807) is 13.8 Å². The molecule has 0 amide bonds. The molecule has 0 aromatic heterocycles. The van der Waals surface area contributed by atoms with E-state index in [1.165, 1.54) is 0 Å². The molecule has 0 heterocycles. The number of phosphoric acid groups is 1. The van der Waals surface area contributed by atoms with E-state index in [-0.39, 0.29) is 26.0 Å². The molecule has 0 spiro atoms. The van der Waals surface area contributed by atoms with Gasteiger partial charge in [0.2, 0.25) is 0 Å². The van der Waals surface area contributed by atoms with Gasteiger partial charge in [0.25, 0.3) is 0 Å². The first-order valence-corrected chi connectivity index (χ1v) is 16.7. The van der Waals surface area contributed by atoms with E-state index < -0.39 is 15.4 Å². The predicted molar refractivity (Wildman–Crippen MR) is 164 cm³/mol. The fourth-order valence-corrected chi connectivity index (χ4v) is 7.28. The van der Waals surface area contributed by atoms with Gasteiger partial charge in [0.15, 0.2) is 0 Å². The summed E-state index contributed by atoms with van der Waals surface area (Å²) in [5.74, 6) is 0. The molecule has 0 saturated carbocycles. The third kappa shape index (κ3) is 6.69. The molecule has 0 aliphatic carbocycles. The zero-order chi connectivity index (χ0) is 29.0. The predicted octanol–water partition coefficient (Wildman–Crippen LogP) is 8.70. The van der Waals surface area contributed by atoms with E-state index in [0.717, 1.165) is 43.8 Å². The minimum atomic E-state index is -4.76. The van der Waals surface area contributed by atoms with Crippen LogP contribution in [0.3, 0.4) is 0 Å². The van der Waals surface area contributed by atoms with Crippen LogP contribution in [0.15, 0.2) is 97.1 Å². The fraction of sp³-hybridized carbons (Fsp3) is 0.188. The molecular formula is C32H32O7P2. The van der Waals surface area contributed by atoms with E-state index in [4.69, 9.17) is 13.6 Å². The van der Waals surface area contributed by atoms with Crippen molar-refractivity contribution in [3.8, 4) is 22.3 Å². The van der Waals surface area contributed by atoms with Crippen molar-refractivity contribution in [1.29, 1.82) is 0 Å². The lowest BCUT2D eigenvalue weighted by Crippen LogP contribution is -2.03. The van der Waals surface area contributed by atoms with Crippen molar-refractivity contribution in [2.24, 2.45) is 0 Å². The minimum absolute atomic E-state index is 0.0185. The molecule has 212 valence electrons. The number of rotatable bonds is 11. The molecule has 7 nitrogen and oxygen atoms in total. The molecular weight excluding hydrogens is 558 g/mol. The molecule has 2 N–H and O–H groups in total. The average Bonchev–Trinajstić information content (AvgIpc) is 2.95. The lowest BCUT2D eigenvalue weighted by molar-refractivity contribution is 0.189. The number of phosphoric ester groups is 1. The Labute approximate surface area is 239 Å². The van der Waals surface area contributed by atoms with Gasteiger partial charge in [0, 0.05) is 0 Å². The summed E-state index contributed by atoms with van der Waals surface area (Å²) in [7, 11) is -8.29. The van der Waals surface area contributed by atoms with Crippen LogP contribution in [0, 0.1) is 0 Å². The van der Waals surface area contributed by atoms with Crippen molar-refractivity contribution in [1.82, 2.24) is 0 Å². The fourth-order valence-electron chi connectivity index (χ4n) is 5.25. The number of hydrogen-bond donors (Lipinski definition) is 2. The summed E-state index contributed by atoms with van der Waals surface area (Å²) in [5, 5.41) is 3.99. The van der Waals surface area contributed by atoms with Gasteiger partial charge in [-0.1, -0.05) is 84.9 Å². The molecule has 9 heteroatoms. The summed E-state index contributed by atoms with van der Waals surface area (Å²) in [6.45, 7) is 3.69. The Hall–Kier alpha value is -3.12. The van der Waals surface area contributed by atoms with Crippen molar-refractivity contribution in [2.45, 2.75) is 26.6 Å². The summed E-state index contributed by atoms with van der Waals surface area (Å²) in [6.07, 6.45) is 0.0185. The van der Waals surface area contributed by atoms with Crippen molar-refractivity contribution in [2.75, 3.05) is 13.2 Å². The summed E-state index contributed by atoms with van der Waals surface area (Å²) < 4.78 is 42.1. The zero-order valence-corrected chi connectivity index (χ0v) is 24.7. The highest BCUT2D eigenvalue weighted by Gasteiger charge is 2.28. The molecule has 0 atom stereocenters. The van der Waals surface area contributed by atoms with Crippen molar-refractivity contribution >= 4 is 37.0 Å². The van der Waals surface area contributed by atoms with Crippen LogP contribution in [0.1, 0.15) is 25.0 Å². The molecule has 0 unspecified atom stereocenters. The van der Waals surface area contributed by atoms with Gasteiger partial charge in [0.05, 0.1) is 26.0 Å². The average molecular weight is 591 g/mol. The Morgan fingerprint density at radius 2 is 1.05 bits per heavy atom. The molecule has 41 heavy (non-hydrogen) atoms. The number of hydrogen-bond acceptors (Lipinski definition) is 5. The van der Waals surface area contributed by atoms with Gasteiger partial charge in [-0.3, -0.25) is 9.09 Å². The van der Waals surface area contributed by atoms with E-state index in [9.17, 15) is 18.9 Å². The minimum Gasteiger partial charge on any atom is -0.309 e. The lowest BCUT2D eigenvalue weighted by Gasteiger charge is -2.22. The normalized spacial score (nSPS) is 12.3. The quantitative estimate of drug-likeness (QED) is 0.148. The summed E-state index contributed by atoms with van der Waals surface area (Å²) >= 11 is 0. The first kappa shape index (κ1) is 29.4. The second kappa shape index (κ2) is 12.4. The van der Waals surface area contributed by atoms with Gasteiger partial charge in [-0.2, -0.15) is 0 Å². The molecule has 5 aromatic rings. The smallest absolute Gasteiger partial charge is 0.309 e. The van der Waals surface area contributed by atoms with Gasteiger partial charge in [0.1, 0.15) is 0 Å². The largest absolute Gasteiger partial charge is 0.469 e. The topological polar surface area (TPSA) is 102 Å². The molecule has 5 rings (SSSR count). The van der Waals surface area contributed by atoms with Crippen LogP contribution in [0.4, 0.5) is 0 Å². The second-order valence-corrected chi connectivity index (χ2v) is 12.9. The maximum absolute atomic E-state index is 13.9. The second-order valence-electron chi connectivity index (χ2n) is 9.59. The van der Waals surface area contributed by atoms with Crippen molar-refractivity contribution < 1.29 is 32.5 Å². The van der Waals surface area contributed by atoms with Crippen molar-refractivity contribution in [3.63, 3.8) is 0 Å². The highest BCUT2D eigenvalue weighted by molar-refractivity contribution is 7.53. The van der Waals surface area contributed by atoms with Crippen LogP contribution in [0.2, 0.25) is 0 Å². The maximum atomic E-state index is 13.9. The van der Waals surface area contributed by atoms with Crippen LogP contribution < -0.4 is 0 Å². The van der Waals surface area contributed by atoms with Crippen LogP contribution in [0.25, 0.3) is 43.8 Å². The first-order chi connectivity index (χ1) is 19.7. The Balaban J connectivity index is 1.82. The van der Waals surface area contributed by atoms with Crippen LogP contribution in [-0.2, 0) is 35.5 Å². The molecule has 0 aliphatic rings. The van der Waals surface area contributed by atoms with E-state index >= 15 is 0 Å². The van der Waals surface area contributed by atoms with Gasteiger partial charge < -0.3 is 18.8 Å². The van der Waals surface area contributed by atoms with E-state index in [1.807, 2.05) is 97.1 Å². The van der Waals surface area contributed by atoms with E-state index in [0.29, 0.717) is 11.1 Å². The van der Waals surface area contributed by atoms with Gasteiger partial charge in [-0.05, 0) is 80.9 Å². The standard InChI is InChI=1S/C32H32O7P2/c1-3-37-40(33,38-4-2)22-26-20-31(29-17-9-13-23-11-5-7-15-27(23)29)25(21-39-41(34,35)36)19-32(26)30-18-10-14-24-12-6-8-16-28(24)30/h5-20H,3-4,21-22H2,1-2H3,(H2,34,35,36). The lowest BCUT2D eigenvalue weighted by atomic mass is 9.88. The summed E-state index contributed by atoms with van der Waals surface area (Å²) in [5.41, 5.74) is 4.54. The zero-order valence-electron chi connectivity index (χ0n) is 22.9. The Morgan fingerprint density at radius 1 is 0.585 bits per heavy atom. The SMILES string of the molecule is CCOP(=O)(Cc1cc(-c2cccc3ccccc23)c(COP(=O)(O)O)cc1-c1cccc2ccccc12)OCC.